The van der Waals surface area contributed by atoms with E-state index < -0.39 is 0 Å². The molecular weight excluding hydrogens is 214 g/mol. The zero-order valence-corrected chi connectivity index (χ0v) is 10.3. The maximum atomic E-state index is 9.09. The van der Waals surface area contributed by atoms with E-state index in [4.69, 9.17) is 14.7 Å². The van der Waals surface area contributed by atoms with Crippen LogP contribution in [0.5, 0.6) is 11.5 Å². The minimum absolute atomic E-state index is 0.0533. The maximum absolute atomic E-state index is 9.09. The molecule has 0 aliphatic carbocycles. The second-order valence-electron chi connectivity index (χ2n) is 4.66. The van der Waals surface area contributed by atoms with E-state index in [9.17, 15) is 0 Å². The summed E-state index contributed by atoms with van der Waals surface area (Å²) < 4.78 is 11.0. The lowest BCUT2D eigenvalue weighted by atomic mass is 9.90. The van der Waals surface area contributed by atoms with E-state index in [0.717, 1.165) is 23.5 Å². The van der Waals surface area contributed by atoms with E-state index in [1.807, 2.05) is 18.2 Å². The summed E-state index contributed by atoms with van der Waals surface area (Å²) in [5, 5.41) is 9.09. The topological polar surface area (TPSA) is 42.2 Å². The van der Waals surface area contributed by atoms with Crippen molar-refractivity contribution in [3.63, 3.8) is 0 Å². The Labute approximate surface area is 102 Å². The number of hydrogen-bond donors (Lipinski definition) is 0. The molecule has 90 valence electrons. The Morgan fingerprint density at radius 1 is 1.24 bits per heavy atom. The van der Waals surface area contributed by atoms with Crippen LogP contribution < -0.4 is 9.47 Å². The summed E-state index contributed by atoms with van der Waals surface area (Å²) in [6, 6.07) is 8.29. The number of hydrogen-bond acceptors (Lipinski definition) is 3. The molecule has 3 nitrogen and oxygen atoms in total. The first-order chi connectivity index (χ1) is 8.20. The largest absolute Gasteiger partial charge is 0.486 e. The van der Waals surface area contributed by atoms with Gasteiger partial charge < -0.3 is 9.47 Å². The van der Waals surface area contributed by atoms with Crippen molar-refractivity contribution in [2.24, 2.45) is 11.8 Å². The summed E-state index contributed by atoms with van der Waals surface area (Å²) in [5.74, 6) is 2.03. The van der Waals surface area contributed by atoms with E-state index in [1.54, 1.807) is 0 Å². The van der Waals surface area contributed by atoms with Gasteiger partial charge in [-0.05, 0) is 30.0 Å². The third-order valence-corrected chi connectivity index (χ3v) is 3.03. The van der Waals surface area contributed by atoms with Crippen LogP contribution in [0.4, 0.5) is 0 Å². The van der Waals surface area contributed by atoms with Crippen LogP contribution in [0.25, 0.3) is 0 Å². The zero-order chi connectivity index (χ0) is 12.3. The molecule has 1 heterocycles. The first-order valence-electron chi connectivity index (χ1n) is 5.99. The van der Waals surface area contributed by atoms with Crippen molar-refractivity contribution >= 4 is 0 Å². The average molecular weight is 231 g/mol. The van der Waals surface area contributed by atoms with Gasteiger partial charge in [0, 0.05) is 0 Å². The van der Waals surface area contributed by atoms with E-state index in [-0.39, 0.29) is 5.92 Å². The highest BCUT2D eigenvalue weighted by Gasteiger charge is 2.16. The van der Waals surface area contributed by atoms with Gasteiger partial charge in [0.2, 0.25) is 0 Å². The molecule has 3 heteroatoms. The molecule has 0 amide bonds. The number of rotatable bonds is 3. The van der Waals surface area contributed by atoms with Crippen LogP contribution in [0, 0.1) is 23.2 Å². The summed E-state index contributed by atoms with van der Waals surface area (Å²) in [5.41, 5.74) is 1.13. The van der Waals surface area contributed by atoms with Crippen molar-refractivity contribution < 1.29 is 9.47 Å². The Morgan fingerprint density at radius 3 is 2.59 bits per heavy atom. The molecule has 0 radical (unpaired) electrons. The van der Waals surface area contributed by atoms with Crippen LogP contribution in [0.2, 0.25) is 0 Å². The maximum Gasteiger partial charge on any atom is 0.161 e. The van der Waals surface area contributed by atoms with E-state index in [1.165, 1.54) is 0 Å². The van der Waals surface area contributed by atoms with Crippen LogP contribution in [0.1, 0.15) is 19.4 Å². The van der Waals surface area contributed by atoms with Crippen LogP contribution in [-0.2, 0) is 6.42 Å². The summed E-state index contributed by atoms with van der Waals surface area (Å²) >= 11 is 0. The van der Waals surface area contributed by atoms with Crippen molar-refractivity contribution in [1.82, 2.24) is 0 Å². The number of nitriles is 1. The lowest BCUT2D eigenvalue weighted by Crippen LogP contribution is -2.16. The molecule has 1 aliphatic rings. The van der Waals surface area contributed by atoms with E-state index in [0.29, 0.717) is 19.1 Å². The minimum Gasteiger partial charge on any atom is -0.486 e. The highest BCUT2D eigenvalue weighted by Crippen LogP contribution is 2.31. The monoisotopic (exact) mass is 231 g/mol. The van der Waals surface area contributed by atoms with Gasteiger partial charge in [0.15, 0.2) is 11.5 Å². The van der Waals surface area contributed by atoms with Gasteiger partial charge in [0.25, 0.3) is 0 Å². The standard InChI is InChI=1S/C14H17NO2/c1-10(2)12(9-15)7-11-3-4-13-14(8-11)17-6-5-16-13/h3-4,8,10,12H,5-7H2,1-2H3. The second kappa shape index (κ2) is 5.09. The third kappa shape index (κ3) is 2.71. The van der Waals surface area contributed by atoms with Gasteiger partial charge >= 0.3 is 0 Å². The van der Waals surface area contributed by atoms with Crippen molar-refractivity contribution in [1.29, 1.82) is 5.26 Å². The molecular formula is C14H17NO2. The molecule has 1 atom stereocenters. The fourth-order valence-corrected chi connectivity index (χ4v) is 1.90. The SMILES string of the molecule is CC(C)C(C#N)Cc1ccc2c(c1)OCCO2. The molecule has 1 unspecified atom stereocenters. The Kier molecular flexibility index (Phi) is 3.53. The van der Waals surface area contributed by atoms with Crippen LogP contribution in [0.15, 0.2) is 18.2 Å². The van der Waals surface area contributed by atoms with Gasteiger partial charge in [-0.15, -0.1) is 0 Å². The van der Waals surface area contributed by atoms with Gasteiger partial charge in [-0.2, -0.15) is 5.26 Å². The molecule has 17 heavy (non-hydrogen) atoms. The quantitative estimate of drug-likeness (QED) is 0.803. The number of ether oxygens (including phenoxy) is 2. The Hall–Kier alpha value is -1.69. The number of fused-ring (bicyclic) bond motifs is 1. The van der Waals surface area contributed by atoms with Gasteiger partial charge in [-0.1, -0.05) is 19.9 Å². The number of benzene rings is 1. The van der Waals surface area contributed by atoms with Crippen LogP contribution >= 0.6 is 0 Å². The fraction of sp³-hybridized carbons (Fsp3) is 0.500. The van der Waals surface area contributed by atoms with Crippen molar-refractivity contribution in [2.45, 2.75) is 20.3 Å². The van der Waals surface area contributed by atoms with Crippen molar-refractivity contribution in [2.75, 3.05) is 13.2 Å². The summed E-state index contributed by atoms with van der Waals surface area (Å²) in [4.78, 5) is 0. The highest BCUT2D eigenvalue weighted by molar-refractivity contribution is 5.44. The molecule has 1 aromatic carbocycles. The lowest BCUT2D eigenvalue weighted by molar-refractivity contribution is 0.171. The van der Waals surface area contributed by atoms with Gasteiger partial charge in [0.1, 0.15) is 13.2 Å². The first kappa shape index (κ1) is 11.8. The lowest BCUT2D eigenvalue weighted by Gasteiger charge is -2.20. The molecule has 0 saturated carbocycles. The molecule has 0 aromatic heterocycles. The number of nitrogens with zero attached hydrogens (tertiary/aromatic N) is 1. The molecule has 0 spiro atoms. The minimum atomic E-state index is 0.0533. The highest BCUT2D eigenvalue weighted by atomic mass is 16.6. The van der Waals surface area contributed by atoms with Gasteiger partial charge in [0.05, 0.1) is 12.0 Å². The van der Waals surface area contributed by atoms with E-state index >= 15 is 0 Å². The zero-order valence-electron chi connectivity index (χ0n) is 10.3. The fourth-order valence-electron chi connectivity index (χ4n) is 1.90. The summed E-state index contributed by atoms with van der Waals surface area (Å²) in [6.07, 6.45) is 0.769. The Balaban J connectivity index is 2.14. The second-order valence-corrected chi connectivity index (χ2v) is 4.66. The van der Waals surface area contributed by atoms with Crippen LogP contribution in [-0.4, -0.2) is 13.2 Å². The molecule has 1 aliphatic heterocycles. The van der Waals surface area contributed by atoms with Crippen molar-refractivity contribution in [3.8, 4) is 17.6 Å². The molecule has 0 fully saturated rings. The van der Waals surface area contributed by atoms with Crippen molar-refractivity contribution in [3.05, 3.63) is 23.8 Å². The Morgan fingerprint density at radius 2 is 1.94 bits per heavy atom. The first-order valence-corrected chi connectivity index (χ1v) is 5.99. The third-order valence-electron chi connectivity index (χ3n) is 3.03. The molecule has 1 aromatic rings. The normalized spacial score (nSPS) is 15.4. The molecule has 2 rings (SSSR count). The Bertz CT molecular complexity index is 434. The van der Waals surface area contributed by atoms with Gasteiger partial charge in [-0.3, -0.25) is 0 Å². The average Bonchev–Trinajstić information content (AvgIpc) is 2.35. The van der Waals surface area contributed by atoms with Crippen LogP contribution in [0.3, 0.4) is 0 Å². The molecule has 0 bridgehead atoms. The summed E-state index contributed by atoms with van der Waals surface area (Å²) in [7, 11) is 0. The molecule has 0 saturated heterocycles. The summed E-state index contributed by atoms with van der Waals surface area (Å²) in [6.45, 7) is 5.36. The van der Waals surface area contributed by atoms with E-state index in [2.05, 4.69) is 19.9 Å². The predicted octanol–water partition coefficient (Wildman–Crippen LogP) is 2.80. The predicted molar refractivity (Wildman–Crippen MR) is 65.1 cm³/mol. The molecule has 0 N–H and O–H groups in total. The van der Waals surface area contributed by atoms with Gasteiger partial charge in [-0.25, -0.2) is 0 Å². The smallest absolute Gasteiger partial charge is 0.161 e.